The maximum atomic E-state index is 12.2. The summed E-state index contributed by atoms with van der Waals surface area (Å²) in [5.74, 6) is -0.680. The topological polar surface area (TPSA) is 105 Å². The maximum Gasteiger partial charge on any atom is 0.242 e. The molecule has 2 rings (SSSR count). The minimum absolute atomic E-state index is 0.147. The summed E-state index contributed by atoms with van der Waals surface area (Å²) in [7, 11) is 1.58. The number of hydrogen-bond acceptors (Lipinski definition) is 4. The first kappa shape index (κ1) is 16.7. The highest BCUT2D eigenvalue weighted by atomic mass is 16.2. The van der Waals surface area contributed by atoms with E-state index in [-0.39, 0.29) is 12.3 Å². The largest absolute Gasteiger partial charge is 0.368 e. The highest BCUT2D eigenvalue weighted by molar-refractivity contribution is 5.89. The smallest absolute Gasteiger partial charge is 0.242 e. The monoisotopic (exact) mass is 315 g/mol. The number of amides is 2. The molecule has 0 radical (unpaired) electrons. The zero-order chi connectivity index (χ0) is 17.0. The summed E-state index contributed by atoms with van der Waals surface area (Å²) in [5.41, 5.74) is 6.86. The van der Waals surface area contributed by atoms with Gasteiger partial charge in [-0.15, -0.1) is 0 Å². The van der Waals surface area contributed by atoms with Crippen LogP contribution in [0.5, 0.6) is 0 Å². The molecule has 0 aliphatic carbocycles. The van der Waals surface area contributed by atoms with Crippen molar-refractivity contribution >= 4 is 11.8 Å². The standard InChI is InChI=1S/C16H21N5O2/c1-16(2,15(17)23)21(3)14(22)7-6-12-9-13(20-19-12)11-5-4-8-18-10-11/h4-5,8-10H,6-7H2,1-3H3,(H2,17,23)(H,19,20). The fraction of sp³-hybridized carbons (Fsp3) is 0.375. The van der Waals surface area contributed by atoms with Crippen LogP contribution in [0, 0.1) is 0 Å². The average Bonchev–Trinajstić information content (AvgIpc) is 3.01. The van der Waals surface area contributed by atoms with Crippen LogP contribution in [0.4, 0.5) is 0 Å². The number of aromatic nitrogens is 3. The fourth-order valence-electron chi connectivity index (χ4n) is 2.04. The number of primary amides is 1. The fourth-order valence-corrected chi connectivity index (χ4v) is 2.04. The van der Waals surface area contributed by atoms with Gasteiger partial charge in [-0.25, -0.2) is 0 Å². The Kier molecular flexibility index (Phi) is 4.78. The quantitative estimate of drug-likeness (QED) is 0.833. The second-order valence-electron chi connectivity index (χ2n) is 5.90. The van der Waals surface area contributed by atoms with Crippen LogP contribution >= 0.6 is 0 Å². The van der Waals surface area contributed by atoms with E-state index in [1.807, 2.05) is 18.2 Å². The number of likely N-dealkylation sites (N-methyl/N-ethyl adjacent to an activating group) is 1. The van der Waals surface area contributed by atoms with Crippen LogP contribution in [0.25, 0.3) is 11.3 Å². The Balaban J connectivity index is 1.98. The Morgan fingerprint density at radius 2 is 2.13 bits per heavy atom. The number of hydrogen-bond donors (Lipinski definition) is 2. The Morgan fingerprint density at radius 3 is 2.74 bits per heavy atom. The van der Waals surface area contributed by atoms with Gasteiger partial charge < -0.3 is 10.6 Å². The molecule has 0 unspecified atom stereocenters. The molecule has 2 aromatic rings. The van der Waals surface area contributed by atoms with E-state index < -0.39 is 11.4 Å². The summed E-state index contributed by atoms with van der Waals surface area (Å²) in [4.78, 5) is 29.1. The third kappa shape index (κ3) is 3.74. The van der Waals surface area contributed by atoms with Gasteiger partial charge in [0.15, 0.2) is 0 Å². The number of nitrogens with one attached hydrogen (secondary N) is 1. The average molecular weight is 315 g/mol. The molecule has 122 valence electrons. The van der Waals surface area contributed by atoms with E-state index in [4.69, 9.17) is 5.73 Å². The number of aromatic amines is 1. The van der Waals surface area contributed by atoms with Crippen molar-refractivity contribution < 1.29 is 9.59 Å². The number of carbonyl (C=O) groups is 2. The van der Waals surface area contributed by atoms with Crippen LogP contribution in [-0.2, 0) is 16.0 Å². The van der Waals surface area contributed by atoms with Gasteiger partial charge in [0.2, 0.25) is 11.8 Å². The van der Waals surface area contributed by atoms with Crippen molar-refractivity contribution in [2.24, 2.45) is 5.73 Å². The van der Waals surface area contributed by atoms with Crippen molar-refractivity contribution in [1.82, 2.24) is 20.1 Å². The molecular formula is C16H21N5O2. The van der Waals surface area contributed by atoms with E-state index in [1.54, 1.807) is 33.3 Å². The summed E-state index contributed by atoms with van der Waals surface area (Å²) in [5, 5.41) is 7.14. The minimum atomic E-state index is -1.01. The molecule has 7 nitrogen and oxygen atoms in total. The molecule has 0 bridgehead atoms. The van der Waals surface area contributed by atoms with Gasteiger partial charge in [-0.2, -0.15) is 5.10 Å². The van der Waals surface area contributed by atoms with Crippen LogP contribution in [0.3, 0.4) is 0 Å². The van der Waals surface area contributed by atoms with Gasteiger partial charge in [-0.3, -0.25) is 19.7 Å². The van der Waals surface area contributed by atoms with E-state index in [9.17, 15) is 9.59 Å². The molecule has 3 N–H and O–H groups in total. The van der Waals surface area contributed by atoms with Crippen LogP contribution in [0.15, 0.2) is 30.6 Å². The Bertz CT molecular complexity index is 694. The molecule has 0 atom stereocenters. The second-order valence-corrected chi connectivity index (χ2v) is 5.90. The minimum Gasteiger partial charge on any atom is -0.368 e. The zero-order valence-electron chi connectivity index (χ0n) is 13.5. The molecule has 0 aliphatic rings. The maximum absolute atomic E-state index is 12.2. The van der Waals surface area contributed by atoms with Crippen molar-refractivity contribution in [3.8, 4) is 11.3 Å². The molecule has 2 aromatic heterocycles. The predicted octanol–water partition coefficient (Wildman–Crippen LogP) is 1.13. The number of H-pyrrole nitrogens is 1. The second kappa shape index (κ2) is 6.60. The lowest BCUT2D eigenvalue weighted by atomic mass is 10.0. The van der Waals surface area contributed by atoms with Crippen molar-refractivity contribution in [3.05, 3.63) is 36.3 Å². The van der Waals surface area contributed by atoms with Gasteiger partial charge in [-0.1, -0.05) is 0 Å². The number of nitrogens with two attached hydrogens (primary N) is 1. The Hall–Kier alpha value is -2.70. The normalized spacial score (nSPS) is 11.3. The number of rotatable bonds is 6. The first-order chi connectivity index (χ1) is 10.8. The molecule has 0 saturated heterocycles. The predicted molar refractivity (Wildman–Crippen MR) is 86.2 cm³/mol. The molecule has 0 fully saturated rings. The van der Waals surface area contributed by atoms with Crippen molar-refractivity contribution in [2.45, 2.75) is 32.2 Å². The van der Waals surface area contributed by atoms with E-state index in [2.05, 4.69) is 15.2 Å². The van der Waals surface area contributed by atoms with Crippen LogP contribution in [-0.4, -0.2) is 44.5 Å². The van der Waals surface area contributed by atoms with Gasteiger partial charge in [0.1, 0.15) is 5.54 Å². The van der Waals surface area contributed by atoms with Crippen LogP contribution in [0.2, 0.25) is 0 Å². The lowest BCUT2D eigenvalue weighted by Gasteiger charge is -2.32. The first-order valence-corrected chi connectivity index (χ1v) is 7.33. The van der Waals surface area contributed by atoms with Gasteiger partial charge in [0.25, 0.3) is 0 Å². The molecule has 0 saturated carbocycles. The molecule has 2 heterocycles. The molecule has 7 heteroatoms. The van der Waals surface area contributed by atoms with Gasteiger partial charge >= 0.3 is 0 Å². The Labute approximate surface area is 134 Å². The van der Waals surface area contributed by atoms with Crippen LogP contribution < -0.4 is 5.73 Å². The number of pyridine rings is 1. The van der Waals surface area contributed by atoms with Gasteiger partial charge in [0, 0.05) is 37.1 Å². The van der Waals surface area contributed by atoms with Crippen molar-refractivity contribution in [3.63, 3.8) is 0 Å². The number of carbonyl (C=O) groups excluding carboxylic acids is 2. The van der Waals surface area contributed by atoms with E-state index in [0.29, 0.717) is 6.42 Å². The zero-order valence-corrected chi connectivity index (χ0v) is 13.5. The molecule has 2 amide bonds. The molecule has 0 aromatic carbocycles. The van der Waals surface area contributed by atoms with Crippen LogP contribution in [0.1, 0.15) is 26.0 Å². The summed E-state index contributed by atoms with van der Waals surface area (Å²) in [6.45, 7) is 3.26. The summed E-state index contributed by atoms with van der Waals surface area (Å²) >= 11 is 0. The summed E-state index contributed by atoms with van der Waals surface area (Å²) in [6, 6.07) is 5.65. The van der Waals surface area contributed by atoms with E-state index in [0.717, 1.165) is 17.0 Å². The molecular weight excluding hydrogens is 294 g/mol. The van der Waals surface area contributed by atoms with Crippen molar-refractivity contribution in [1.29, 1.82) is 0 Å². The SMILES string of the molecule is CN(C(=O)CCc1cc(-c2cccnc2)n[nH]1)C(C)(C)C(N)=O. The summed E-state index contributed by atoms with van der Waals surface area (Å²) < 4.78 is 0. The van der Waals surface area contributed by atoms with E-state index >= 15 is 0 Å². The summed E-state index contributed by atoms with van der Waals surface area (Å²) in [6.07, 6.45) is 4.20. The number of nitrogens with zero attached hydrogens (tertiary/aromatic N) is 3. The van der Waals surface area contributed by atoms with Gasteiger partial charge in [-0.05, 0) is 38.5 Å². The molecule has 0 aliphatic heterocycles. The third-order valence-electron chi connectivity index (χ3n) is 4.01. The lowest BCUT2D eigenvalue weighted by molar-refractivity contribution is -0.142. The highest BCUT2D eigenvalue weighted by Gasteiger charge is 2.32. The number of aryl methyl sites for hydroxylation is 1. The molecule has 0 spiro atoms. The first-order valence-electron chi connectivity index (χ1n) is 7.33. The highest BCUT2D eigenvalue weighted by Crippen LogP contribution is 2.18. The molecule has 23 heavy (non-hydrogen) atoms. The van der Waals surface area contributed by atoms with E-state index in [1.165, 1.54) is 4.90 Å². The van der Waals surface area contributed by atoms with Gasteiger partial charge in [0.05, 0.1) is 5.69 Å². The third-order valence-corrected chi connectivity index (χ3v) is 4.01. The van der Waals surface area contributed by atoms with Crippen molar-refractivity contribution in [2.75, 3.05) is 7.05 Å². The Morgan fingerprint density at radius 1 is 1.39 bits per heavy atom. The lowest BCUT2D eigenvalue weighted by Crippen LogP contribution is -2.53.